The van der Waals surface area contributed by atoms with E-state index in [1.165, 1.54) is 0 Å². The SMILES string of the molecule is CCC(=O)CS1(OS(=O)(=O)C(F)(F)C(F)(F)C(F)(F)C(F)(F)C(F)(F)C(F)(F)C(F)(F)C(F)(F)F)CCCCC1. The van der Waals surface area contributed by atoms with E-state index in [2.05, 4.69) is 3.63 Å². The summed E-state index contributed by atoms with van der Waals surface area (Å²) in [5.74, 6) is -55.3. The van der Waals surface area contributed by atoms with Crippen molar-refractivity contribution >= 4 is 26.2 Å². The molecule has 0 unspecified atom stereocenters. The third-order valence-corrected chi connectivity index (χ3v) is 11.3. The van der Waals surface area contributed by atoms with Gasteiger partial charge in [0.1, 0.15) is 5.78 Å². The lowest BCUT2D eigenvalue weighted by Crippen LogP contribution is -2.75. The monoisotopic (exact) mass is 672 g/mol. The predicted octanol–water partition coefficient (Wildman–Crippen LogP) is 7.18. The first kappa shape index (κ1) is 36.8. The maximum atomic E-state index is 14.3. The summed E-state index contributed by atoms with van der Waals surface area (Å²) in [6.07, 6.45) is -8.34. The van der Waals surface area contributed by atoms with Crippen LogP contribution in [0.5, 0.6) is 0 Å². The summed E-state index contributed by atoms with van der Waals surface area (Å²) >= 11 is 0. The van der Waals surface area contributed by atoms with Crippen LogP contribution in [0.1, 0.15) is 32.6 Å². The van der Waals surface area contributed by atoms with Crippen LogP contribution in [0.25, 0.3) is 0 Å². The Bertz CT molecular complexity index is 1050. The lowest BCUT2D eigenvalue weighted by atomic mass is 9.91. The van der Waals surface area contributed by atoms with E-state index in [1.807, 2.05) is 0 Å². The third-order valence-electron chi connectivity index (χ3n) is 5.59. The van der Waals surface area contributed by atoms with Crippen molar-refractivity contribution < 1.29 is 91.5 Å². The quantitative estimate of drug-likeness (QED) is 0.206. The fourth-order valence-corrected chi connectivity index (χ4v) is 8.97. The second kappa shape index (κ2) is 10.5. The number of ketones is 1. The first-order valence-electron chi connectivity index (χ1n) is 10.3. The molecule has 1 saturated heterocycles. The molecular weight excluding hydrogens is 655 g/mol. The minimum Gasteiger partial charge on any atom is -0.299 e. The van der Waals surface area contributed by atoms with Gasteiger partial charge in [-0.25, -0.2) is 3.63 Å². The number of alkyl halides is 17. The average Bonchev–Trinajstić information content (AvgIpc) is 2.77. The van der Waals surface area contributed by atoms with Gasteiger partial charge in [-0.05, 0) is 12.8 Å². The average molecular weight is 672 g/mol. The molecule has 0 aromatic heterocycles. The highest BCUT2D eigenvalue weighted by Gasteiger charge is 2.96. The summed E-state index contributed by atoms with van der Waals surface area (Å²) < 4.78 is 256. The Morgan fingerprint density at radius 2 is 0.975 bits per heavy atom. The van der Waals surface area contributed by atoms with Gasteiger partial charge in [0.15, 0.2) is 0 Å². The number of rotatable bonds is 12. The zero-order chi connectivity index (χ0) is 32.2. The van der Waals surface area contributed by atoms with Gasteiger partial charge >= 0.3 is 57.1 Å². The smallest absolute Gasteiger partial charge is 0.299 e. The lowest BCUT2D eigenvalue weighted by Gasteiger charge is -2.44. The molecule has 0 aliphatic carbocycles. The van der Waals surface area contributed by atoms with Crippen molar-refractivity contribution in [2.45, 2.75) is 79.6 Å². The number of carbonyl (C=O) groups is 1. The fraction of sp³-hybridized carbons (Fsp3) is 0.941. The first-order chi connectivity index (χ1) is 17.4. The summed E-state index contributed by atoms with van der Waals surface area (Å²) in [6.45, 7) is 1.15. The second-order valence-corrected chi connectivity index (χ2v) is 13.5. The lowest BCUT2D eigenvalue weighted by molar-refractivity contribution is -0.458. The van der Waals surface area contributed by atoms with E-state index in [0.717, 1.165) is 6.92 Å². The van der Waals surface area contributed by atoms with Crippen LogP contribution in [0.3, 0.4) is 0 Å². The Labute approximate surface area is 215 Å². The third kappa shape index (κ3) is 5.34. The zero-order valence-electron chi connectivity index (χ0n) is 19.3. The highest BCUT2D eigenvalue weighted by atomic mass is 32.3. The highest BCUT2D eigenvalue weighted by Crippen LogP contribution is 2.65. The van der Waals surface area contributed by atoms with E-state index in [9.17, 15) is 87.8 Å². The largest absolute Gasteiger partial charge is 0.460 e. The molecule has 0 amide bonds. The van der Waals surface area contributed by atoms with Gasteiger partial charge in [-0.3, -0.25) is 4.79 Å². The summed E-state index contributed by atoms with van der Waals surface area (Å²) in [7, 11) is -11.4. The van der Waals surface area contributed by atoms with Crippen LogP contribution in [-0.4, -0.2) is 78.4 Å². The molecule has 240 valence electrons. The van der Waals surface area contributed by atoms with Crippen molar-refractivity contribution in [2.75, 3.05) is 17.3 Å². The molecule has 0 bridgehead atoms. The molecule has 23 heteroatoms. The van der Waals surface area contributed by atoms with Gasteiger partial charge < -0.3 is 0 Å². The van der Waals surface area contributed by atoms with Crippen molar-refractivity contribution in [1.82, 2.24) is 0 Å². The normalized spacial score (nSPS) is 19.9. The van der Waals surface area contributed by atoms with E-state index >= 15 is 0 Å². The van der Waals surface area contributed by atoms with Crippen LogP contribution in [0, 0.1) is 0 Å². The van der Waals surface area contributed by atoms with E-state index in [4.69, 9.17) is 0 Å². The van der Waals surface area contributed by atoms with Crippen molar-refractivity contribution in [3.8, 4) is 0 Å². The Morgan fingerprint density at radius 3 is 1.32 bits per heavy atom. The molecular formula is C17H17F17O4S2. The van der Waals surface area contributed by atoms with Gasteiger partial charge in [-0.15, -0.1) is 10.3 Å². The fourth-order valence-electron chi connectivity index (χ4n) is 3.18. The van der Waals surface area contributed by atoms with Gasteiger partial charge in [-0.1, -0.05) is 13.3 Å². The number of Topliss-reactive ketones (excluding diaryl/α,β-unsaturated/α-hetero) is 1. The molecule has 0 spiro atoms. The molecule has 0 radical (unpaired) electrons. The first-order valence-corrected chi connectivity index (χ1v) is 13.8. The second-order valence-electron chi connectivity index (χ2n) is 8.45. The van der Waals surface area contributed by atoms with E-state index in [-0.39, 0.29) is 19.3 Å². The molecule has 1 aliphatic rings. The maximum Gasteiger partial charge on any atom is 0.460 e. The molecule has 0 atom stereocenters. The van der Waals surface area contributed by atoms with Crippen molar-refractivity contribution in [2.24, 2.45) is 0 Å². The topological polar surface area (TPSA) is 60.4 Å². The Balaban J connectivity index is 3.70. The molecule has 0 aromatic rings. The molecule has 0 N–H and O–H groups in total. The summed E-state index contributed by atoms with van der Waals surface area (Å²) in [5, 5.41) is -7.74. The van der Waals surface area contributed by atoms with Crippen molar-refractivity contribution in [1.29, 1.82) is 0 Å². The van der Waals surface area contributed by atoms with Gasteiger partial charge in [0.05, 0.1) is 5.75 Å². The van der Waals surface area contributed by atoms with Gasteiger partial charge in [0, 0.05) is 17.9 Å². The molecule has 40 heavy (non-hydrogen) atoms. The van der Waals surface area contributed by atoms with E-state index < -0.39 is 96.9 Å². The Hall–Kier alpha value is -1.26. The summed E-state index contributed by atoms with van der Waals surface area (Å²) in [5.41, 5.74) is 0. The summed E-state index contributed by atoms with van der Waals surface area (Å²) in [4.78, 5) is 11.8. The minimum atomic E-state index is -8.91. The molecule has 1 fully saturated rings. The van der Waals surface area contributed by atoms with Crippen LogP contribution in [0.15, 0.2) is 0 Å². The van der Waals surface area contributed by atoms with Crippen LogP contribution in [0.4, 0.5) is 74.6 Å². The van der Waals surface area contributed by atoms with Crippen LogP contribution >= 0.6 is 10.3 Å². The molecule has 0 aromatic carbocycles. The number of halogens is 17. The van der Waals surface area contributed by atoms with Gasteiger partial charge in [0.2, 0.25) is 0 Å². The zero-order valence-corrected chi connectivity index (χ0v) is 21.0. The van der Waals surface area contributed by atoms with Gasteiger partial charge in [0.25, 0.3) is 0 Å². The molecule has 1 aliphatic heterocycles. The van der Waals surface area contributed by atoms with E-state index in [1.54, 1.807) is 0 Å². The molecule has 1 heterocycles. The maximum absolute atomic E-state index is 14.3. The number of hydrogen-bond donors (Lipinski definition) is 0. The van der Waals surface area contributed by atoms with Gasteiger partial charge in [-0.2, -0.15) is 83.1 Å². The highest BCUT2D eigenvalue weighted by molar-refractivity contribution is 8.33. The van der Waals surface area contributed by atoms with Crippen LogP contribution in [0.2, 0.25) is 0 Å². The number of carbonyl (C=O) groups excluding carboxylic acids is 1. The standard InChI is InChI=1S/C17H17F17O4S2/c1-2-9(35)8-39(6-4-3-5-7-39)38-40(36,37)17(33,34)15(28,29)13(24,25)11(20,21)10(18,19)12(22,23)14(26,27)16(30,31)32/h2-8H2,1H3. The van der Waals surface area contributed by atoms with Crippen molar-refractivity contribution in [3.05, 3.63) is 0 Å². The predicted molar refractivity (Wildman–Crippen MR) is 102 cm³/mol. The summed E-state index contributed by atoms with van der Waals surface area (Å²) in [6, 6.07) is 0. The van der Waals surface area contributed by atoms with Crippen LogP contribution in [-0.2, 0) is 18.5 Å². The van der Waals surface area contributed by atoms with E-state index in [0.29, 0.717) is 0 Å². The molecule has 4 nitrogen and oxygen atoms in total. The minimum absolute atomic E-state index is 0.118. The molecule has 0 saturated carbocycles. The van der Waals surface area contributed by atoms with Crippen molar-refractivity contribution in [3.63, 3.8) is 0 Å². The van der Waals surface area contributed by atoms with Crippen LogP contribution < -0.4 is 0 Å². The Morgan fingerprint density at radius 1 is 0.625 bits per heavy atom. The molecule has 1 rings (SSSR count). The Kier molecular flexibility index (Phi) is 9.63. The number of hydrogen-bond acceptors (Lipinski definition) is 4.